The van der Waals surface area contributed by atoms with Crippen LogP contribution in [0.1, 0.15) is 26.3 Å². The number of hydrogen-bond donors (Lipinski definition) is 1. The minimum atomic E-state index is -0.535. The van der Waals surface area contributed by atoms with Crippen LogP contribution in [0.15, 0.2) is 22.7 Å². The fourth-order valence-corrected chi connectivity index (χ4v) is 2.10. The zero-order valence-corrected chi connectivity index (χ0v) is 12.9. The van der Waals surface area contributed by atoms with Gasteiger partial charge in [-0.2, -0.15) is 0 Å². The molecule has 0 amide bonds. The summed E-state index contributed by atoms with van der Waals surface area (Å²) in [6.45, 7) is 6.40. The SMILES string of the molecule is CCc1cc(Br)ccc1NCC(C)(C)C(=O)OC. The van der Waals surface area contributed by atoms with Crippen LogP contribution in [-0.2, 0) is 16.0 Å². The van der Waals surface area contributed by atoms with Gasteiger partial charge >= 0.3 is 5.97 Å². The molecule has 1 aromatic rings. The number of carbonyl (C=O) groups excluding carboxylic acids is 1. The van der Waals surface area contributed by atoms with Crippen LogP contribution in [0.4, 0.5) is 5.69 Å². The van der Waals surface area contributed by atoms with Crippen LogP contribution in [0.2, 0.25) is 0 Å². The van der Waals surface area contributed by atoms with Gasteiger partial charge in [-0.1, -0.05) is 22.9 Å². The topological polar surface area (TPSA) is 38.3 Å². The molecule has 0 unspecified atom stereocenters. The predicted octanol–water partition coefficient (Wildman–Crippen LogP) is 3.62. The molecule has 0 aliphatic rings. The minimum absolute atomic E-state index is 0.204. The molecule has 0 spiro atoms. The van der Waals surface area contributed by atoms with Gasteiger partial charge in [-0.25, -0.2) is 0 Å². The number of anilines is 1. The molecular formula is C14H20BrNO2. The first-order valence-corrected chi connectivity index (χ1v) is 6.80. The van der Waals surface area contributed by atoms with Crippen molar-refractivity contribution in [2.45, 2.75) is 27.2 Å². The summed E-state index contributed by atoms with van der Waals surface area (Å²) in [5.74, 6) is -0.204. The first-order valence-electron chi connectivity index (χ1n) is 6.01. The highest BCUT2D eigenvalue weighted by Gasteiger charge is 2.28. The Labute approximate surface area is 117 Å². The quantitative estimate of drug-likeness (QED) is 0.844. The standard InChI is InChI=1S/C14H20BrNO2/c1-5-10-8-11(15)6-7-12(10)16-9-14(2,3)13(17)18-4/h6-8,16H,5,9H2,1-4H3. The highest BCUT2D eigenvalue weighted by Crippen LogP contribution is 2.24. The molecule has 0 radical (unpaired) electrons. The van der Waals surface area contributed by atoms with Crippen molar-refractivity contribution in [3.8, 4) is 0 Å². The van der Waals surface area contributed by atoms with Crippen LogP contribution in [0, 0.1) is 5.41 Å². The summed E-state index contributed by atoms with van der Waals surface area (Å²) < 4.78 is 5.86. The summed E-state index contributed by atoms with van der Waals surface area (Å²) in [5.41, 5.74) is 1.76. The van der Waals surface area contributed by atoms with Crippen molar-refractivity contribution < 1.29 is 9.53 Å². The summed E-state index contributed by atoms with van der Waals surface area (Å²) in [6, 6.07) is 6.11. The van der Waals surface area contributed by atoms with E-state index in [1.54, 1.807) is 0 Å². The molecule has 0 saturated heterocycles. The van der Waals surface area contributed by atoms with Gasteiger partial charge < -0.3 is 10.1 Å². The van der Waals surface area contributed by atoms with Crippen molar-refractivity contribution in [3.63, 3.8) is 0 Å². The normalized spacial score (nSPS) is 11.2. The number of esters is 1. The molecule has 4 heteroatoms. The third-order valence-electron chi connectivity index (χ3n) is 2.91. The molecule has 1 rings (SSSR count). The number of aryl methyl sites for hydroxylation is 1. The third kappa shape index (κ3) is 3.73. The van der Waals surface area contributed by atoms with Crippen LogP contribution in [-0.4, -0.2) is 19.6 Å². The Morgan fingerprint density at radius 3 is 2.67 bits per heavy atom. The molecule has 0 bridgehead atoms. The number of nitrogens with one attached hydrogen (secondary N) is 1. The van der Waals surface area contributed by atoms with Gasteiger partial charge in [0, 0.05) is 16.7 Å². The van der Waals surface area contributed by atoms with E-state index in [-0.39, 0.29) is 5.97 Å². The Morgan fingerprint density at radius 2 is 2.11 bits per heavy atom. The molecule has 0 fully saturated rings. The number of hydrogen-bond acceptors (Lipinski definition) is 3. The van der Waals surface area contributed by atoms with Crippen LogP contribution < -0.4 is 5.32 Å². The van der Waals surface area contributed by atoms with Crippen LogP contribution >= 0.6 is 15.9 Å². The van der Waals surface area contributed by atoms with Gasteiger partial charge in [0.2, 0.25) is 0 Å². The van der Waals surface area contributed by atoms with E-state index < -0.39 is 5.41 Å². The lowest BCUT2D eigenvalue weighted by atomic mass is 9.93. The molecule has 0 heterocycles. The Morgan fingerprint density at radius 1 is 1.44 bits per heavy atom. The number of benzene rings is 1. The largest absolute Gasteiger partial charge is 0.469 e. The molecule has 0 aliphatic heterocycles. The predicted molar refractivity (Wildman–Crippen MR) is 77.8 cm³/mol. The maximum atomic E-state index is 11.6. The summed E-state index contributed by atoms with van der Waals surface area (Å²) in [7, 11) is 1.42. The van der Waals surface area contributed by atoms with E-state index in [1.807, 2.05) is 26.0 Å². The van der Waals surface area contributed by atoms with E-state index in [0.717, 1.165) is 16.6 Å². The first-order chi connectivity index (χ1) is 8.40. The Bertz CT molecular complexity index is 430. The summed E-state index contributed by atoms with van der Waals surface area (Å²) in [5, 5.41) is 3.33. The zero-order chi connectivity index (χ0) is 13.8. The van der Waals surface area contributed by atoms with E-state index in [2.05, 4.69) is 34.2 Å². The monoisotopic (exact) mass is 313 g/mol. The summed E-state index contributed by atoms with van der Waals surface area (Å²) >= 11 is 3.46. The second-order valence-electron chi connectivity index (χ2n) is 4.88. The molecule has 1 N–H and O–H groups in total. The maximum Gasteiger partial charge on any atom is 0.313 e. The van der Waals surface area contributed by atoms with Crippen molar-refractivity contribution in [1.29, 1.82) is 0 Å². The average Bonchev–Trinajstić information content (AvgIpc) is 2.36. The lowest BCUT2D eigenvalue weighted by Gasteiger charge is -2.23. The fraction of sp³-hybridized carbons (Fsp3) is 0.500. The number of methoxy groups -OCH3 is 1. The first kappa shape index (κ1) is 15.0. The molecule has 18 heavy (non-hydrogen) atoms. The van der Waals surface area contributed by atoms with Crippen LogP contribution in [0.5, 0.6) is 0 Å². The Kier molecular flexibility index (Phi) is 5.20. The fourth-order valence-electron chi connectivity index (χ4n) is 1.69. The number of ether oxygens (including phenoxy) is 1. The van der Waals surface area contributed by atoms with Crippen molar-refractivity contribution in [3.05, 3.63) is 28.2 Å². The lowest BCUT2D eigenvalue weighted by molar-refractivity contribution is -0.149. The van der Waals surface area contributed by atoms with Gasteiger partial charge in [0.25, 0.3) is 0 Å². The smallest absolute Gasteiger partial charge is 0.313 e. The molecule has 0 atom stereocenters. The van der Waals surface area contributed by atoms with Gasteiger partial charge in [-0.3, -0.25) is 4.79 Å². The number of rotatable bonds is 5. The maximum absolute atomic E-state index is 11.6. The Balaban J connectivity index is 2.77. The van der Waals surface area contributed by atoms with E-state index in [1.165, 1.54) is 12.7 Å². The van der Waals surface area contributed by atoms with E-state index in [9.17, 15) is 4.79 Å². The second kappa shape index (κ2) is 6.23. The van der Waals surface area contributed by atoms with Crippen molar-refractivity contribution in [1.82, 2.24) is 0 Å². The highest BCUT2D eigenvalue weighted by molar-refractivity contribution is 9.10. The minimum Gasteiger partial charge on any atom is -0.469 e. The zero-order valence-electron chi connectivity index (χ0n) is 11.3. The Hall–Kier alpha value is -1.03. The highest BCUT2D eigenvalue weighted by atomic mass is 79.9. The second-order valence-corrected chi connectivity index (χ2v) is 5.80. The third-order valence-corrected chi connectivity index (χ3v) is 3.40. The van der Waals surface area contributed by atoms with Crippen LogP contribution in [0.3, 0.4) is 0 Å². The molecule has 1 aromatic carbocycles. The number of carbonyl (C=O) groups is 1. The van der Waals surface area contributed by atoms with Gasteiger partial charge in [0.1, 0.15) is 0 Å². The van der Waals surface area contributed by atoms with Gasteiger partial charge in [0.15, 0.2) is 0 Å². The number of halogens is 1. The van der Waals surface area contributed by atoms with E-state index >= 15 is 0 Å². The lowest BCUT2D eigenvalue weighted by Crippen LogP contribution is -2.33. The molecule has 0 saturated carbocycles. The molecule has 3 nitrogen and oxygen atoms in total. The van der Waals surface area contributed by atoms with Crippen LogP contribution in [0.25, 0.3) is 0 Å². The van der Waals surface area contributed by atoms with Gasteiger partial charge in [-0.15, -0.1) is 0 Å². The molecule has 0 aromatic heterocycles. The molecule has 0 aliphatic carbocycles. The van der Waals surface area contributed by atoms with Crippen molar-refractivity contribution in [2.75, 3.05) is 19.0 Å². The van der Waals surface area contributed by atoms with Gasteiger partial charge in [-0.05, 0) is 44.0 Å². The molecule has 100 valence electrons. The summed E-state index contributed by atoms with van der Waals surface area (Å²) in [4.78, 5) is 11.6. The van der Waals surface area contributed by atoms with E-state index in [4.69, 9.17) is 4.74 Å². The van der Waals surface area contributed by atoms with Crippen molar-refractivity contribution >= 4 is 27.6 Å². The van der Waals surface area contributed by atoms with Gasteiger partial charge in [0.05, 0.1) is 12.5 Å². The average molecular weight is 314 g/mol. The van der Waals surface area contributed by atoms with Crippen molar-refractivity contribution in [2.24, 2.45) is 5.41 Å². The summed E-state index contributed by atoms with van der Waals surface area (Å²) in [6.07, 6.45) is 0.945. The molecular weight excluding hydrogens is 294 g/mol. The van der Waals surface area contributed by atoms with E-state index in [0.29, 0.717) is 6.54 Å².